The predicted octanol–water partition coefficient (Wildman–Crippen LogP) is 3.25. The van der Waals surface area contributed by atoms with Gasteiger partial charge >= 0.3 is 0 Å². The number of rotatable bonds is 9. The molecule has 2 aromatic carbocycles. The highest BCUT2D eigenvalue weighted by Crippen LogP contribution is 2.30. The minimum Gasteiger partial charge on any atom is -0.493 e. The summed E-state index contributed by atoms with van der Waals surface area (Å²) in [6.45, 7) is 2.66. The number of nitrogens with one attached hydrogen (secondary N) is 2. The van der Waals surface area contributed by atoms with Crippen LogP contribution >= 0.6 is 0 Å². The van der Waals surface area contributed by atoms with Crippen molar-refractivity contribution < 1.29 is 19.1 Å². The van der Waals surface area contributed by atoms with Crippen LogP contribution in [0.3, 0.4) is 0 Å². The van der Waals surface area contributed by atoms with Crippen molar-refractivity contribution in [3.8, 4) is 11.5 Å². The molecule has 0 aliphatic heterocycles. The van der Waals surface area contributed by atoms with Gasteiger partial charge in [0.1, 0.15) is 0 Å². The topological polar surface area (TPSA) is 76.7 Å². The number of ether oxygens (including phenoxy) is 2. The SMILES string of the molecule is CCOc1ccc(NC(=O)CCNC(=O)/C=C/c2ccccc2)cc1OC. The van der Waals surface area contributed by atoms with E-state index in [1.54, 1.807) is 31.4 Å². The molecule has 0 aliphatic rings. The standard InChI is InChI=1S/C21H24N2O4/c1-3-27-18-11-10-17(15-19(18)26-2)23-21(25)13-14-22-20(24)12-9-16-7-5-4-6-8-16/h4-12,15H,3,13-14H2,1-2H3,(H,22,24)(H,23,25)/b12-9+. The molecule has 142 valence electrons. The Morgan fingerprint density at radius 2 is 1.85 bits per heavy atom. The summed E-state index contributed by atoms with van der Waals surface area (Å²) in [6, 6.07) is 14.7. The van der Waals surface area contributed by atoms with Gasteiger partial charge in [0.15, 0.2) is 11.5 Å². The molecule has 0 fully saturated rings. The monoisotopic (exact) mass is 368 g/mol. The van der Waals surface area contributed by atoms with Crippen LogP contribution in [0.25, 0.3) is 6.08 Å². The number of hydrogen-bond acceptors (Lipinski definition) is 4. The number of carbonyl (C=O) groups is 2. The van der Waals surface area contributed by atoms with Crippen molar-refractivity contribution in [2.24, 2.45) is 0 Å². The summed E-state index contributed by atoms with van der Waals surface area (Å²) in [7, 11) is 1.54. The van der Waals surface area contributed by atoms with Gasteiger partial charge in [0, 0.05) is 30.8 Å². The number of benzene rings is 2. The van der Waals surface area contributed by atoms with Crippen molar-refractivity contribution in [1.29, 1.82) is 0 Å². The van der Waals surface area contributed by atoms with Gasteiger partial charge < -0.3 is 20.1 Å². The number of methoxy groups -OCH3 is 1. The van der Waals surface area contributed by atoms with Gasteiger partial charge in [-0.1, -0.05) is 30.3 Å². The van der Waals surface area contributed by atoms with Crippen LogP contribution in [0.1, 0.15) is 18.9 Å². The molecule has 0 radical (unpaired) electrons. The third kappa shape index (κ3) is 6.86. The second-order valence-corrected chi connectivity index (χ2v) is 5.63. The maximum atomic E-state index is 12.0. The Kier molecular flexibility index (Phi) is 7.91. The van der Waals surface area contributed by atoms with Gasteiger partial charge in [-0.05, 0) is 30.7 Å². The van der Waals surface area contributed by atoms with Crippen LogP contribution < -0.4 is 20.1 Å². The van der Waals surface area contributed by atoms with Crippen LogP contribution in [-0.4, -0.2) is 32.1 Å². The van der Waals surface area contributed by atoms with E-state index in [-0.39, 0.29) is 24.8 Å². The minimum atomic E-state index is -0.241. The second-order valence-electron chi connectivity index (χ2n) is 5.63. The molecule has 0 bridgehead atoms. The van der Waals surface area contributed by atoms with Crippen molar-refractivity contribution in [3.05, 3.63) is 60.2 Å². The van der Waals surface area contributed by atoms with E-state index in [2.05, 4.69) is 10.6 Å². The van der Waals surface area contributed by atoms with Crippen LogP contribution in [0.5, 0.6) is 11.5 Å². The van der Waals surface area contributed by atoms with Gasteiger partial charge in [0.2, 0.25) is 11.8 Å². The third-order valence-corrected chi connectivity index (χ3v) is 3.63. The molecule has 2 N–H and O–H groups in total. The van der Waals surface area contributed by atoms with E-state index >= 15 is 0 Å². The van der Waals surface area contributed by atoms with E-state index in [1.807, 2.05) is 37.3 Å². The Hall–Kier alpha value is -3.28. The summed E-state index contributed by atoms with van der Waals surface area (Å²) < 4.78 is 10.7. The lowest BCUT2D eigenvalue weighted by molar-refractivity contribution is -0.117. The average Bonchev–Trinajstić information content (AvgIpc) is 2.68. The Labute approximate surface area is 159 Å². The van der Waals surface area contributed by atoms with Crippen LogP contribution in [0, 0.1) is 0 Å². The molecular formula is C21H24N2O4. The minimum absolute atomic E-state index is 0.167. The zero-order valence-corrected chi connectivity index (χ0v) is 15.5. The number of carbonyl (C=O) groups excluding carboxylic acids is 2. The maximum absolute atomic E-state index is 12.0. The normalized spacial score (nSPS) is 10.4. The van der Waals surface area contributed by atoms with Gasteiger partial charge in [0.05, 0.1) is 13.7 Å². The molecule has 2 aromatic rings. The molecule has 6 nitrogen and oxygen atoms in total. The lowest BCUT2D eigenvalue weighted by Crippen LogP contribution is -2.26. The van der Waals surface area contributed by atoms with E-state index in [9.17, 15) is 9.59 Å². The van der Waals surface area contributed by atoms with Crippen molar-refractivity contribution in [3.63, 3.8) is 0 Å². The molecule has 27 heavy (non-hydrogen) atoms. The molecule has 0 aliphatic carbocycles. The van der Waals surface area contributed by atoms with Gasteiger partial charge in [0.25, 0.3) is 0 Å². The highest BCUT2D eigenvalue weighted by molar-refractivity contribution is 5.93. The molecule has 0 spiro atoms. The Balaban J connectivity index is 1.77. The maximum Gasteiger partial charge on any atom is 0.244 e. The van der Waals surface area contributed by atoms with E-state index in [0.29, 0.717) is 23.8 Å². The summed E-state index contributed by atoms with van der Waals surface area (Å²) in [5, 5.41) is 5.46. The smallest absolute Gasteiger partial charge is 0.244 e. The number of hydrogen-bond donors (Lipinski definition) is 2. The van der Waals surface area contributed by atoms with E-state index < -0.39 is 0 Å². The first-order valence-corrected chi connectivity index (χ1v) is 8.74. The van der Waals surface area contributed by atoms with Crippen molar-refractivity contribution in [2.45, 2.75) is 13.3 Å². The Morgan fingerprint density at radius 3 is 2.56 bits per heavy atom. The van der Waals surface area contributed by atoms with Gasteiger partial charge in [-0.15, -0.1) is 0 Å². The Bertz CT molecular complexity index is 788. The summed E-state index contributed by atoms with van der Waals surface area (Å²) in [4.78, 5) is 23.8. The first-order valence-electron chi connectivity index (χ1n) is 8.74. The first-order chi connectivity index (χ1) is 13.1. The second kappa shape index (κ2) is 10.7. The molecule has 0 atom stereocenters. The largest absolute Gasteiger partial charge is 0.493 e. The fourth-order valence-electron chi connectivity index (χ4n) is 2.34. The molecule has 0 aromatic heterocycles. The molecule has 2 amide bonds. The van der Waals surface area contributed by atoms with Gasteiger partial charge in [-0.25, -0.2) is 0 Å². The summed E-state index contributed by atoms with van der Waals surface area (Å²) in [5.74, 6) is 0.729. The number of amides is 2. The van der Waals surface area contributed by atoms with Gasteiger partial charge in [-0.3, -0.25) is 9.59 Å². The van der Waals surface area contributed by atoms with Crippen LogP contribution in [0.15, 0.2) is 54.6 Å². The molecule has 6 heteroatoms. The van der Waals surface area contributed by atoms with E-state index in [1.165, 1.54) is 6.08 Å². The van der Waals surface area contributed by atoms with Crippen molar-refractivity contribution >= 4 is 23.6 Å². The molecule has 0 heterocycles. The zero-order valence-electron chi connectivity index (χ0n) is 15.5. The molecule has 0 saturated carbocycles. The predicted molar refractivity (Wildman–Crippen MR) is 106 cm³/mol. The third-order valence-electron chi connectivity index (χ3n) is 3.63. The fourth-order valence-corrected chi connectivity index (χ4v) is 2.34. The van der Waals surface area contributed by atoms with Crippen LogP contribution in [0.4, 0.5) is 5.69 Å². The summed E-state index contributed by atoms with van der Waals surface area (Å²) in [6.07, 6.45) is 3.34. The first kappa shape index (κ1) is 20.0. The highest BCUT2D eigenvalue weighted by Gasteiger charge is 2.08. The van der Waals surface area contributed by atoms with Crippen molar-refractivity contribution in [2.75, 3.05) is 25.6 Å². The van der Waals surface area contributed by atoms with E-state index in [4.69, 9.17) is 9.47 Å². The van der Waals surface area contributed by atoms with Gasteiger partial charge in [-0.2, -0.15) is 0 Å². The zero-order chi connectivity index (χ0) is 19.5. The quantitative estimate of drug-likeness (QED) is 0.666. The lowest BCUT2D eigenvalue weighted by Gasteiger charge is -2.11. The highest BCUT2D eigenvalue weighted by atomic mass is 16.5. The summed E-state index contributed by atoms with van der Waals surface area (Å²) >= 11 is 0. The fraction of sp³-hybridized carbons (Fsp3) is 0.238. The van der Waals surface area contributed by atoms with Crippen LogP contribution in [0.2, 0.25) is 0 Å². The summed E-state index contributed by atoms with van der Waals surface area (Å²) in [5.41, 5.74) is 1.55. The van der Waals surface area contributed by atoms with Crippen LogP contribution in [-0.2, 0) is 9.59 Å². The average molecular weight is 368 g/mol. The molecule has 0 saturated heterocycles. The molecular weight excluding hydrogens is 344 g/mol. The molecule has 2 rings (SSSR count). The van der Waals surface area contributed by atoms with Crippen molar-refractivity contribution in [1.82, 2.24) is 5.32 Å². The lowest BCUT2D eigenvalue weighted by atomic mass is 10.2. The molecule has 0 unspecified atom stereocenters. The number of anilines is 1. The Morgan fingerprint density at radius 1 is 1.07 bits per heavy atom. The van der Waals surface area contributed by atoms with E-state index in [0.717, 1.165) is 5.56 Å².